The molecule has 3 rings (SSSR count). The van der Waals surface area contributed by atoms with Crippen LogP contribution in [0, 0.1) is 0 Å². The molecule has 0 aliphatic heterocycles. The molecule has 1 aromatic heterocycles. The molecule has 1 aliphatic rings. The molecular formula is C21H31N3O2S2+2. The fourth-order valence-electron chi connectivity index (χ4n) is 3.35. The zero-order valence-electron chi connectivity index (χ0n) is 17.7. The van der Waals surface area contributed by atoms with Crippen molar-refractivity contribution in [3.63, 3.8) is 0 Å². The van der Waals surface area contributed by atoms with Gasteiger partial charge in [-0.05, 0) is 50.0 Å². The van der Waals surface area contributed by atoms with Gasteiger partial charge in [-0.1, -0.05) is 16.9 Å². The molecule has 1 aromatic carbocycles. The van der Waals surface area contributed by atoms with Crippen molar-refractivity contribution in [1.82, 2.24) is 4.72 Å². The Kier molecular flexibility index (Phi) is 5.83. The summed E-state index contributed by atoms with van der Waals surface area (Å²) in [6.07, 6.45) is 4.47. The highest BCUT2D eigenvalue weighted by atomic mass is 32.2. The van der Waals surface area contributed by atoms with Gasteiger partial charge in [0.05, 0.1) is 39.1 Å². The summed E-state index contributed by atoms with van der Waals surface area (Å²) >= 11 is 1.64. The first-order chi connectivity index (χ1) is 13.0. The van der Waals surface area contributed by atoms with Gasteiger partial charge >= 0.3 is 0 Å². The van der Waals surface area contributed by atoms with E-state index in [0.717, 1.165) is 34.6 Å². The Morgan fingerprint density at radius 3 is 2.54 bits per heavy atom. The minimum atomic E-state index is -3.50. The second kappa shape index (κ2) is 7.71. The number of aromatic nitrogens is 1. The fourth-order valence-corrected chi connectivity index (χ4v) is 5.62. The van der Waals surface area contributed by atoms with Gasteiger partial charge in [0.25, 0.3) is 5.01 Å². The molecule has 2 aromatic rings. The molecular weight excluding hydrogens is 390 g/mol. The zero-order chi connectivity index (χ0) is 20.7. The smallest absolute Gasteiger partial charge is 0.262 e. The van der Waals surface area contributed by atoms with E-state index in [1.54, 1.807) is 23.5 Å². The Bertz CT molecular complexity index is 1070. The lowest BCUT2D eigenvalue weighted by Gasteiger charge is -2.23. The summed E-state index contributed by atoms with van der Waals surface area (Å²) in [6.45, 7) is 5.54. The molecule has 1 N–H and O–H groups in total. The molecule has 0 spiro atoms. The molecule has 0 unspecified atom stereocenters. The first-order valence-electron chi connectivity index (χ1n) is 9.58. The summed E-state index contributed by atoms with van der Waals surface area (Å²) in [5.41, 5.74) is 5.29. The van der Waals surface area contributed by atoms with Crippen molar-refractivity contribution in [2.45, 2.75) is 31.6 Å². The van der Waals surface area contributed by atoms with E-state index in [4.69, 9.17) is 0 Å². The molecule has 28 heavy (non-hydrogen) atoms. The van der Waals surface area contributed by atoms with E-state index in [1.165, 1.54) is 16.7 Å². The third kappa shape index (κ3) is 4.54. The van der Waals surface area contributed by atoms with Crippen molar-refractivity contribution in [3.05, 3.63) is 39.9 Å². The van der Waals surface area contributed by atoms with Crippen molar-refractivity contribution < 1.29 is 17.5 Å². The van der Waals surface area contributed by atoms with Crippen LogP contribution in [0.1, 0.15) is 31.7 Å². The normalized spacial score (nSPS) is 17.3. The standard InChI is InChI=1S/C21H31N3O2S2/c1-15-7-8-17(16(15)2)13-21-23(3)19-10-9-18(14-20(19)27-21)28(25,26)22-11-12-24(4,5)6/h9-10,13-14,22H,7-8,11-12H2,1-6H3/q+2/b17-13+. The number of likely N-dealkylation sites (N-methyl/N-ethyl adjacent to an activating group) is 1. The number of hydrogen-bond donors (Lipinski definition) is 1. The predicted octanol–water partition coefficient (Wildman–Crippen LogP) is 3.22. The Morgan fingerprint density at radius 2 is 1.93 bits per heavy atom. The number of fused-ring (bicyclic) bond motifs is 1. The number of allylic oxidation sites excluding steroid dienone is 3. The highest BCUT2D eigenvalue weighted by molar-refractivity contribution is 7.89. The average molecular weight is 422 g/mol. The second-order valence-electron chi connectivity index (χ2n) is 8.62. The van der Waals surface area contributed by atoms with Crippen LogP contribution in [0.15, 0.2) is 39.8 Å². The molecule has 0 fully saturated rings. The predicted molar refractivity (Wildman–Crippen MR) is 117 cm³/mol. The maximum atomic E-state index is 12.7. The number of hydrogen-bond acceptors (Lipinski definition) is 3. The van der Waals surface area contributed by atoms with Gasteiger partial charge in [0.15, 0.2) is 0 Å². The Balaban J connectivity index is 1.89. The molecule has 7 heteroatoms. The van der Waals surface area contributed by atoms with E-state index in [1.807, 2.05) is 34.3 Å². The van der Waals surface area contributed by atoms with E-state index < -0.39 is 10.0 Å². The van der Waals surface area contributed by atoms with E-state index in [2.05, 4.69) is 29.2 Å². The molecule has 0 saturated carbocycles. The first-order valence-corrected chi connectivity index (χ1v) is 11.9. The molecule has 152 valence electrons. The van der Waals surface area contributed by atoms with Crippen molar-refractivity contribution in [2.75, 3.05) is 34.2 Å². The SMILES string of the molecule is CC1=C(C)/C(=C/c2sc3cc(S(=O)(=O)NCC[N+](C)(C)C)ccc3[n+]2C)CC1. The topological polar surface area (TPSA) is 50.1 Å². The van der Waals surface area contributed by atoms with E-state index in [9.17, 15) is 8.42 Å². The van der Waals surface area contributed by atoms with Crippen molar-refractivity contribution in [3.8, 4) is 0 Å². The van der Waals surface area contributed by atoms with Crippen LogP contribution in [0.5, 0.6) is 0 Å². The molecule has 1 aliphatic carbocycles. The number of aryl methyl sites for hydroxylation is 1. The summed E-state index contributed by atoms with van der Waals surface area (Å²) in [4.78, 5) is 0.329. The van der Waals surface area contributed by atoms with E-state index in [0.29, 0.717) is 15.9 Å². The van der Waals surface area contributed by atoms with Crippen molar-refractivity contribution in [2.24, 2.45) is 7.05 Å². The number of quaternary nitrogens is 1. The van der Waals surface area contributed by atoms with Gasteiger partial charge in [-0.25, -0.2) is 13.1 Å². The maximum absolute atomic E-state index is 12.7. The minimum Gasteiger partial charge on any atom is -0.330 e. The van der Waals surface area contributed by atoms with Crippen molar-refractivity contribution in [1.29, 1.82) is 0 Å². The molecule has 0 atom stereocenters. The highest BCUT2D eigenvalue weighted by Gasteiger charge is 2.22. The molecule has 0 saturated heterocycles. The van der Waals surface area contributed by atoms with Gasteiger partial charge < -0.3 is 4.48 Å². The monoisotopic (exact) mass is 421 g/mol. The zero-order valence-corrected chi connectivity index (χ0v) is 19.3. The van der Waals surface area contributed by atoms with Gasteiger partial charge in [0.1, 0.15) is 11.7 Å². The van der Waals surface area contributed by atoms with Crippen LogP contribution in [0.4, 0.5) is 0 Å². The number of nitrogens with zero attached hydrogens (tertiary/aromatic N) is 2. The van der Waals surface area contributed by atoms with Crippen LogP contribution in [0.2, 0.25) is 0 Å². The highest BCUT2D eigenvalue weighted by Crippen LogP contribution is 2.33. The van der Waals surface area contributed by atoms with Crippen LogP contribution >= 0.6 is 11.3 Å². The lowest BCUT2D eigenvalue weighted by Crippen LogP contribution is -2.41. The Hall–Kier alpha value is -1.54. The Labute approximate surface area is 172 Å². The molecule has 0 amide bonds. The Morgan fingerprint density at radius 1 is 1.21 bits per heavy atom. The minimum absolute atomic E-state index is 0.329. The molecule has 1 heterocycles. The number of thiazole rings is 1. The van der Waals surface area contributed by atoms with Crippen LogP contribution in [0.25, 0.3) is 16.3 Å². The third-order valence-electron chi connectivity index (χ3n) is 5.41. The first kappa shape index (κ1) is 21.2. The molecule has 0 radical (unpaired) electrons. The van der Waals surface area contributed by atoms with Crippen LogP contribution in [0.3, 0.4) is 0 Å². The van der Waals surface area contributed by atoms with Gasteiger partial charge in [-0.3, -0.25) is 0 Å². The fraction of sp³-hybridized carbons (Fsp3) is 0.476. The summed E-state index contributed by atoms with van der Waals surface area (Å²) in [5.74, 6) is 0. The van der Waals surface area contributed by atoms with E-state index in [-0.39, 0.29) is 0 Å². The van der Waals surface area contributed by atoms with Gasteiger partial charge in [0, 0.05) is 12.1 Å². The van der Waals surface area contributed by atoms with Gasteiger partial charge in [-0.15, -0.1) is 0 Å². The lowest BCUT2D eigenvalue weighted by atomic mass is 10.1. The summed E-state index contributed by atoms with van der Waals surface area (Å²) < 4.78 is 31.9. The quantitative estimate of drug-likeness (QED) is 0.575. The number of rotatable bonds is 6. The largest absolute Gasteiger partial charge is 0.330 e. The van der Waals surface area contributed by atoms with Crippen molar-refractivity contribution >= 4 is 37.7 Å². The van der Waals surface area contributed by atoms with Crippen LogP contribution in [-0.4, -0.2) is 47.1 Å². The average Bonchev–Trinajstić information content (AvgIpc) is 3.07. The van der Waals surface area contributed by atoms with Crippen LogP contribution < -0.4 is 9.29 Å². The molecule has 0 bridgehead atoms. The van der Waals surface area contributed by atoms with Gasteiger partial charge in [-0.2, -0.15) is 4.57 Å². The maximum Gasteiger partial charge on any atom is 0.262 e. The second-order valence-corrected chi connectivity index (χ2v) is 11.4. The number of sulfonamides is 1. The number of benzene rings is 1. The summed E-state index contributed by atoms with van der Waals surface area (Å²) in [7, 11) is 4.68. The third-order valence-corrected chi connectivity index (χ3v) is 8.02. The summed E-state index contributed by atoms with van der Waals surface area (Å²) in [6, 6.07) is 5.40. The van der Waals surface area contributed by atoms with Gasteiger partial charge in [0.2, 0.25) is 15.5 Å². The lowest BCUT2D eigenvalue weighted by molar-refractivity contribution is -0.869. The molecule has 5 nitrogen and oxygen atoms in total. The van der Waals surface area contributed by atoms with Crippen LogP contribution in [-0.2, 0) is 17.1 Å². The van der Waals surface area contributed by atoms with E-state index >= 15 is 0 Å². The number of nitrogens with one attached hydrogen (secondary N) is 1. The summed E-state index contributed by atoms with van der Waals surface area (Å²) in [5, 5.41) is 1.14.